The van der Waals surface area contributed by atoms with Crippen molar-refractivity contribution < 1.29 is 19.2 Å². The average Bonchev–Trinajstić information content (AvgIpc) is 2.72. The lowest BCUT2D eigenvalue weighted by atomic mass is 10.0. The molecule has 0 saturated carbocycles. The van der Waals surface area contributed by atoms with E-state index in [0.717, 1.165) is 5.56 Å². The van der Waals surface area contributed by atoms with E-state index in [2.05, 4.69) is 10.6 Å². The predicted molar refractivity (Wildman–Crippen MR) is 114 cm³/mol. The summed E-state index contributed by atoms with van der Waals surface area (Å²) in [5, 5.41) is 5.33. The third kappa shape index (κ3) is 5.68. The summed E-state index contributed by atoms with van der Waals surface area (Å²) in [5.74, 6) is -1.63. The van der Waals surface area contributed by atoms with Gasteiger partial charge in [-0.05, 0) is 30.9 Å². The summed E-state index contributed by atoms with van der Waals surface area (Å²) in [6, 6.07) is 7.51. The summed E-state index contributed by atoms with van der Waals surface area (Å²) in [6.45, 7) is 5.20. The summed E-state index contributed by atoms with van der Waals surface area (Å²) < 4.78 is 0. The normalized spacial score (nSPS) is 23.2. The molecule has 1 aliphatic heterocycles. The topological polar surface area (TPSA) is 98.8 Å². The van der Waals surface area contributed by atoms with E-state index in [1.807, 2.05) is 44.2 Å². The van der Waals surface area contributed by atoms with Crippen molar-refractivity contribution >= 4 is 29.7 Å². The highest BCUT2D eigenvalue weighted by Crippen LogP contribution is 2.15. The lowest BCUT2D eigenvalue weighted by molar-refractivity contribution is -0.142. The van der Waals surface area contributed by atoms with Gasteiger partial charge in [-0.3, -0.25) is 19.2 Å². The van der Waals surface area contributed by atoms with Gasteiger partial charge in [0.1, 0.15) is 17.8 Å². The van der Waals surface area contributed by atoms with Gasteiger partial charge in [0, 0.05) is 14.1 Å². The highest BCUT2D eigenvalue weighted by molar-refractivity contribution is 6.04. The van der Waals surface area contributed by atoms with Crippen LogP contribution in [-0.4, -0.2) is 66.2 Å². The van der Waals surface area contributed by atoms with Gasteiger partial charge in [0.05, 0.1) is 6.54 Å². The van der Waals surface area contributed by atoms with E-state index in [1.54, 1.807) is 13.0 Å². The summed E-state index contributed by atoms with van der Waals surface area (Å²) in [5.41, 5.74) is 0.828. The second-order valence-corrected chi connectivity index (χ2v) is 7.89. The minimum absolute atomic E-state index is 0.0956. The maximum Gasteiger partial charge on any atom is 0.268 e. The first kappa shape index (κ1) is 23.1. The van der Waals surface area contributed by atoms with Gasteiger partial charge in [-0.1, -0.05) is 44.2 Å². The van der Waals surface area contributed by atoms with Crippen LogP contribution in [0.4, 0.5) is 0 Å². The Balaban J connectivity index is 2.49. The van der Waals surface area contributed by atoms with Crippen LogP contribution in [0.5, 0.6) is 0 Å². The molecule has 8 nitrogen and oxygen atoms in total. The Morgan fingerprint density at radius 2 is 1.73 bits per heavy atom. The number of nitrogens with zero attached hydrogens (tertiary/aromatic N) is 2. The molecule has 2 N–H and O–H groups in total. The first-order valence-electron chi connectivity index (χ1n) is 10.00. The molecule has 0 spiro atoms. The van der Waals surface area contributed by atoms with Crippen molar-refractivity contribution in [1.29, 1.82) is 0 Å². The molecule has 0 radical (unpaired) electrons. The van der Waals surface area contributed by atoms with Gasteiger partial charge in [-0.25, -0.2) is 0 Å². The number of hydrogen-bond acceptors (Lipinski definition) is 4. The molecule has 4 amide bonds. The molecular formula is C22H30N4O4. The van der Waals surface area contributed by atoms with E-state index in [-0.39, 0.29) is 18.2 Å². The number of rotatable bonds is 3. The molecule has 8 heteroatoms. The molecule has 30 heavy (non-hydrogen) atoms. The van der Waals surface area contributed by atoms with Gasteiger partial charge in [0.15, 0.2) is 0 Å². The van der Waals surface area contributed by atoms with Crippen LogP contribution in [0.3, 0.4) is 0 Å². The Bertz CT molecular complexity index is 835. The molecule has 1 aromatic carbocycles. The summed E-state index contributed by atoms with van der Waals surface area (Å²) in [6.07, 6.45) is 1.99. The van der Waals surface area contributed by atoms with Crippen LogP contribution in [0.15, 0.2) is 36.0 Å². The quantitative estimate of drug-likeness (QED) is 0.721. The molecule has 0 aromatic heterocycles. The third-order valence-electron chi connectivity index (χ3n) is 5.10. The highest BCUT2D eigenvalue weighted by Gasteiger charge is 2.32. The van der Waals surface area contributed by atoms with Crippen molar-refractivity contribution in [3.63, 3.8) is 0 Å². The number of hydrogen-bond donors (Lipinski definition) is 2. The molecule has 2 rings (SSSR count). The summed E-state index contributed by atoms with van der Waals surface area (Å²) in [4.78, 5) is 53.8. The van der Waals surface area contributed by atoms with E-state index < -0.39 is 35.7 Å². The molecule has 1 aliphatic rings. The van der Waals surface area contributed by atoms with E-state index in [0.29, 0.717) is 6.42 Å². The Morgan fingerprint density at radius 3 is 2.33 bits per heavy atom. The van der Waals surface area contributed by atoms with Gasteiger partial charge in [0.25, 0.3) is 5.91 Å². The number of nitrogens with one attached hydrogen (secondary N) is 2. The third-order valence-corrected chi connectivity index (χ3v) is 5.10. The SMILES string of the molecule is CC(C)C[C@@H]1NC(=O)[C@@H](C)N(C)C(=O)CNC(=O)C(=Cc2ccccc2)N(C)C1=O. The van der Waals surface area contributed by atoms with Crippen LogP contribution in [0.1, 0.15) is 32.8 Å². The van der Waals surface area contributed by atoms with E-state index >= 15 is 0 Å². The van der Waals surface area contributed by atoms with E-state index in [9.17, 15) is 19.2 Å². The average molecular weight is 415 g/mol. The number of carbonyl (C=O) groups excluding carboxylic acids is 4. The number of likely N-dealkylation sites (N-methyl/N-ethyl adjacent to an activating group) is 2. The molecule has 1 saturated heterocycles. The van der Waals surface area contributed by atoms with Crippen LogP contribution in [0.25, 0.3) is 6.08 Å². The molecule has 0 aliphatic carbocycles. The monoisotopic (exact) mass is 414 g/mol. The molecule has 162 valence electrons. The fourth-order valence-corrected chi connectivity index (χ4v) is 3.12. The van der Waals surface area contributed by atoms with Gasteiger partial charge < -0.3 is 20.4 Å². The second-order valence-electron chi connectivity index (χ2n) is 7.89. The Morgan fingerprint density at radius 1 is 1.10 bits per heavy atom. The number of amides is 4. The zero-order valence-corrected chi connectivity index (χ0v) is 18.1. The summed E-state index contributed by atoms with van der Waals surface area (Å²) >= 11 is 0. The Hall–Kier alpha value is -3.16. The maximum atomic E-state index is 13.3. The Kier molecular flexibility index (Phi) is 7.74. The molecule has 1 aromatic rings. The minimum atomic E-state index is -0.820. The van der Waals surface area contributed by atoms with E-state index in [4.69, 9.17) is 0 Å². The summed E-state index contributed by atoms with van der Waals surface area (Å²) in [7, 11) is 3.00. The zero-order chi connectivity index (χ0) is 22.4. The van der Waals surface area contributed by atoms with Crippen molar-refractivity contribution in [2.24, 2.45) is 5.92 Å². The lowest BCUT2D eigenvalue weighted by Crippen LogP contribution is -2.56. The van der Waals surface area contributed by atoms with Crippen molar-refractivity contribution in [3.8, 4) is 0 Å². The molecule has 1 fully saturated rings. The van der Waals surface area contributed by atoms with Gasteiger partial charge in [0.2, 0.25) is 17.7 Å². The maximum absolute atomic E-state index is 13.3. The van der Waals surface area contributed by atoms with Crippen LogP contribution in [-0.2, 0) is 19.2 Å². The van der Waals surface area contributed by atoms with Gasteiger partial charge in [-0.2, -0.15) is 0 Å². The van der Waals surface area contributed by atoms with Crippen LogP contribution in [0, 0.1) is 5.92 Å². The van der Waals surface area contributed by atoms with Crippen LogP contribution < -0.4 is 10.6 Å². The molecular weight excluding hydrogens is 384 g/mol. The van der Waals surface area contributed by atoms with Crippen molar-refractivity contribution in [2.75, 3.05) is 20.6 Å². The number of carbonyl (C=O) groups is 4. The first-order chi connectivity index (χ1) is 14.1. The highest BCUT2D eigenvalue weighted by atomic mass is 16.2. The lowest BCUT2D eigenvalue weighted by Gasteiger charge is -2.31. The molecule has 1 heterocycles. The van der Waals surface area contributed by atoms with Crippen molar-refractivity contribution in [1.82, 2.24) is 20.4 Å². The minimum Gasteiger partial charge on any atom is -0.342 e. The standard InChI is InChI=1S/C22H30N4O4/c1-14(2)11-17-22(30)26(5)18(12-16-9-7-6-8-10-16)21(29)23-13-19(27)25(4)15(3)20(28)24-17/h6-10,12,14-15,17H,11,13H2,1-5H3,(H,23,29)(H,24,28)/t15-,17+/m1/s1. The van der Waals surface area contributed by atoms with Gasteiger partial charge >= 0.3 is 0 Å². The van der Waals surface area contributed by atoms with Crippen molar-refractivity contribution in [2.45, 2.75) is 39.3 Å². The van der Waals surface area contributed by atoms with E-state index in [1.165, 1.54) is 23.9 Å². The Labute approximate surface area is 177 Å². The predicted octanol–water partition coefficient (Wildman–Crippen LogP) is 0.994. The van der Waals surface area contributed by atoms with Crippen LogP contribution >= 0.6 is 0 Å². The molecule has 2 atom stereocenters. The van der Waals surface area contributed by atoms with Crippen LogP contribution in [0.2, 0.25) is 0 Å². The van der Waals surface area contributed by atoms with Crippen molar-refractivity contribution in [3.05, 3.63) is 41.6 Å². The largest absolute Gasteiger partial charge is 0.342 e. The molecule has 0 bridgehead atoms. The van der Waals surface area contributed by atoms with Gasteiger partial charge in [-0.15, -0.1) is 0 Å². The smallest absolute Gasteiger partial charge is 0.268 e. The second kappa shape index (κ2) is 10.0. The fraction of sp³-hybridized carbons (Fsp3) is 0.455. The number of benzene rings is 1. The molecule has 0 unspecified atom stereocenters. The fourth-order valence-electron chi connectivity index (χ4n) is 3.12. The first-order valence-corrected chi connectivity index (χ1v) is 10.00. The zero-order valence-electron chi connectivity index (χ0n) is 18.1.